The van der Waals surface area contributed by atoms with Crippen LogP contribution < -0.4 is 4.84 Å². The molecule has 7 heteroatoms. The Hall–Kier alpha value is -2.41. The fourth-order valence-corrected chi connectivity index (χ4v) is 2.07. The molecule has 110 valence electrons. The lowest BCUT2D eigenvalue weighted by molar-refractivity contribution is 0.0249. The van der Waals surface area contributed by atoms with E-state index >= 15 is 0 Å². The Morgan fingerprint density at radius 1 is 1.24 bits per heavy atom. The van der Waals surface area contributed by atoms with E-state index in [4.69, 9.17) is 9.57 Å². The van der Waals surface area contributed by atoms with Gasteiger partial charge in [-0.15, -0.1) is 0 Å². The molecule has 1 aromatic heterocycles. The van der Waals surface area contributed by atoms with Crippen LogP contribution in [-0.4, -0.2) is 47.0 Å². The van der Waals surface area contributed by atoms with Crippen LogP contribution in [0.1, 0.15) is 0 Å². The molecule has 1 aliphatic heterocycles. The number of hydrogen-bond donors (Lipinski definition) is 0. The Balaban J connectivity index is 1.76. The normalized spacial score (nSPS) is 15.0. The highest BCUT2D eigenvalue weighted by Gasteiger charge is 2.20. The highest BCUT2D eigenvalue weighted by atomic mass is 19.1. The van der Waals surface area contributed by atoms with Crippen LogP contribution in [0.15, 0.2) is 36.8 Å². The number of nitrogens with zero attached hydrogens (tertiary/aromatic N) is 3. The van der Waals surface area contributed by atoms with Gasteiger partial charge in [0.1, 0.15) is 17.8 Å². The van der Waals surface area contributed by atoms with Crippen molar-refractivity contribution in [2.24, 2.45) is 0 Å². The van der Waals surface area contributed by atoms with Crippen molar-refractivity contribution in [3.8, 4) is 11.3 Å². The zero-order chi connectivity index (χ0) is 14.7. The van der Waals surface area contributed by atoms with E-state index in [1.54, 1.807) is 23.2 Å². The van der Waals surface area contributed by atoms with Gasteiger partial charge in [-0.3, -0.25) is 0 Å². The highest BCUT2D eigenvalue weighted by molar-refractivity contribution is 5.69. The standard InChI is InChI=1S/C14H14FN3O3/c15-12-3-1-11(2-4-12)13-9-16-10-18(13)21-14(19)17-5-7-20-8-6-17/h1-4,9-10H,5-8H2. The lowest BCUT2D eigenvalue weighted by Crippen LogP contribution is -2.44. The maximum atomic E-state index is 13.0. The molecule has 1 aliphatic rings. The smallest absolute Gasteiger partial charge is 0.378 e. The second-order valence-corrected chi connectivity index (χ2v) is 4.57. The third-order valence-electron chi connectivity index (χ3n) is 3.19. The molecule has 1 saturated heterocycles. The van der Waals surface area contributed by atoms with Gasteiger partial charge in [0.05, 0.1) is 19.4 Å². The first-order valence-electron chi connectivity index (χ1n) is 6.57. The summed E-state index contributed by atoms with van der Waals surface area (Å²) in [7, 11) is 0. The van der Waals surface area contributed by atoms with E-state index in [1.807, 2.05) is 0 Å². The molecule has 2 heterocycles. The number of halogens is 1. The lowest BCUT2D eigenvalue weighted by Gasteiger charge is -2.25. The van der Waals surface area contributed by atoms with Crippen molar-refractivity contribution in [2.75, 3.05) is 26.3 Å². The first-order chi connectivity index (χ1) is 10.2. The molecule has 1 fully saturated rings. The van der Waals surface area contributed by atoms with E-state index in [1.165, 1.54) is 23.2 Å². The largest absolute Gasteiger partial charge is 0.434 e. The monoisotopic (exact) mass is 291 g/mol. The van der Waals surface area contributed by atoms with E-state index in [0.29, 0.717) is 37.6 Å². The first kappa shape index (κ1) is 13.6. The molecular weight excluding hydrogens is 277 g/mol. The number of carbonyl (C=O) groups excluding carboxylic acids is 1. The quantitative estimate of drug-likeness (QED) is 0.843. The first-order valence-corrected chi connectivity index (χ1v) is 6.57. The van der Waals surface area contributed by atoms with Crippen LogP contribution in [0.3, 0.4) is 0 Å². The summed E-state index contributed by atoms with van der Waals surface area (Å²) in [5.41, 5.74) is 1.29. The Morgan fingerprint density at radius 2 is 1.95 bits per heavy atom. The van der Waals surface area contributed by atoms with Gasteiger partial charge < -0.3 is 14.5 Å². The van der Waals surface area contributed by atoms with Gasteiger partial charge in [-0.25, -0.2) is 14.2 Å². The van der Waals surface area contributed by atoms with E-state index in [-0.39, 0.29) is 5.82 Å². The predicted octanol–water partition coefficient (Wildman–Crippen LogP) is 1.57. The van der Waals surface area contributed by atoms with Crippen LogP contribution in [0, 0.1) is 5.82 Å². The van der Waals surface area contributed by atoms with Crippen molar-refractivity contribution in [3.63, 3.8) is 0 Å². The van der Waals surface area contributed by atoms with Crippen molar-refractivity contribution in [1.82, 2.24) is 14.6 Å². The molecule has 2 aromatic rings. The van der Waals surface area contributed by atoms with Gasteiger partial charge in [0.15, 0.2) is 0 Å². The molecular formula is C14H14FN3O3. The third-order valence-corrected chi connectivity index (χ3v) is 3.19. The minimum absolute atomic E-state index is 0.324. The van der Waals surface area contributed by atoms with Gasteiger partial charge in [-0.05, 0) is 24.3 Å². The molecule has 0 atom stereocenters. The second-order valence-electron chi connectivity index (χ2n) is 4.57. The molecule has 0 N–H and O–H groups in total. The van der Waals surface area contributed by atoms with Gasteiger partial charge >= 0.3 is 6.09 Å². The van der Waals surface area contributed by atoms with E-state index in [9.17, 15) is 9.18 Å². The van der Waals surface area contributed by atoms with Gasteiger partial charge in [0.25, 0.3) is 0 Å². The number of benzene rings is 1. The number of aromatic nitrogens is 2. The van der Waals surface area contributed by atoms with Crippen LogP contribution in [0.2, 0.25) is 0 Å². The number of rotatable bonds is 2. The minimum atomic E-state index is -0.459. The van der Waals surface area contributed by atoms with Crippen molar-refractivity contribution in [3.05, 3.63) is 42.6 Å². The lowest BCUT2D eigenvalue weighted by atomic mass is 10.2. The summed E-state index contributed by atoms with van der Waals surface area (Å²) in [6.07, 6.45) is 2.50. The summed E-state index contributed by atoms with van der Waals surface area (Å²) >= 11 is 0. The Kier molecular flexibility index (Phi) is 3.83. The Morgan fingerprint density at radius 3 is 2.67 bits per heavy atom. The molecule has 0 aliphatic carbocycles. The number of ether oxygens (including phenoxy) is 1. The summed E-state index contributed by atoms with van der Waals surface area (Å²) in [5, 5.41) is 0. The SMILES string of the molecule is O=C(On1cncc1-c1ccc(F)cc1)N1CCOCC1. The Labute approximate surface area is 120 Å². The van der Waals surface area contributed by atoms with Crippen LogP contribution in [0.25, 0.3) is 11.3 Å². The van der Waals surface area contributed by atoms with Crippen molar-refractivity contribution >= 4 is 6.09 Å². The van der Waals surface area contributed by atoms with Crippen LogP contribution >= 0.6 is 0 Å². The number of amides is 1. The van der Waals surface area contributed by atoms with Gasteiger partial charge in [0, 0.05) is 18.7 Å². The van der Waals surface area contributed by atoms with Crippen LogP contribution in [0.4, 0.5) is 9.18 Å². The second kappa shape index (κ2) is 5.92. The molecule has 0 radical (unpaired) electrons. The summed E-state index contributed by atoms with van der Waals surface area (Å²) in [6.45, 7) is 2.01. The van der Waals surface area contributed by atoms with E-state index in [0.717, 1.165) is 0 Å². The zero-order valence-corrected chi connectivity index (χ0v) is 11.2. The highest BCUT2D eigenvalue weighted by Crippen LogP contribution is 2.18. The molecule has 0 spiro atoms. The summed E-state index contributed by atoms with van der Waals surface area (Å²) in [5.74, 6) is -0.324. The van der Waals surface area contributed by atoms with Gasteiger partial charge in [-0.1, -0.05) is 0 Å². The maximum Gasteiger partial charge on any atom is 0.434 e. The van der Waals surface area contributed by atoms with Crippen molar-refractivity contribution in [2.45, 2.75) is 0 Å². The van der Waals surface area contributed by atoms with E-state index in [2.05, 4.69) is 4.98 Å². The predicted molar refractivity (Wildman–Crippen MR) is 72.0 cm³/mol. The summed E-state index contributed by atoms with van der Waals surface area (Å²) in [4.78, 5) is 22.9. The van der Waals surface area contributed by atoms with Crippen LogP contribution in [0.5, 0.6) is 0 Å². The molecule has 1 aromatic carbocycles. The molecule has 21 heavy (non-hydrogen) atoms. The molecule has 6 nitrogen and oxygen atoms in total. The molecule has 0 saturated carbocycles. The zero-order valence-electron chi connectivity index (χ0n) is 11.2. The van der Waals surface area contributed by atoms with Crippen molar-refractivity contribution in [1.29, 1.82) is 0 Å². The number of hydrogen-bond acceptors (Lipinski definition) is 4. The summed E-state index contributed by atoms with van der Waals surface area (Å²) in [6, 6.07) is 5.89. The molecule has 3 rings (SSSR count). The fourth-order valence-electron chi connectivity index (χ4n) is 2.07. The fraction of sp³-hybridized carbons (Fsp3) is 0.286. The Bertz CT molecular complexity index is 621. The topological polar surface area (TPSA) is 56.6 Å². The molecule has 1 amide bonds. The van der Waals surface area contributed by atoms with Gasteiger partial charge in [-0.2, -0.15) is 4.73 Å². The van der Waals surface area contributed by atoms with Crippen LogP contribution in [-0.2, 0) is 4.74 Å². The minimum Gasteiger partial charge on any atom is -0.378 e. The van der Waals surface area contributed by atoms with Gasteiger partial charge in [0.2, 0.25) is 0 Å². The number of carbonyl (C=O) groups is 1. The number of imidazole rings is 1. The maximum absolute atomic E-state index is 13.0. The average Bonchev–Trinajstić information content (AvgIpc) is 2.97. The van der Waals surface area contributed by atoms with Crippen molar-refractivity contribution < 1.29 is 18.8 Å². The molecule has 0 unspecified atom stereocenters. The third kappa shape index (κ3) is 3.03. The average molecular weight is 291 g/mol. The van der Waals surface area contributed by atoms with E-state index < -0.39 is 6.09 Å². The number of morpholine rings is 1. The summed E-state index contributed by atoms with van der Waals surface area (Å²) < 4.78 is 19.4. The molecule has 0 bridgehead atoms.